The van der Waals surface area contributed by atoms with Crippen LogP contribution in [0.25, 0.3) is 0 Å². The summed E-state index contributed by atoms with van der Waals surface area (Å²) in [6.45, 7) is 6.24. The molecule has 2 rings (SSSR count). The van der Waals surface area contributed by atoms with E-state index in [4.69, 9.17) is 0 Å². The van der Waals surface area contributed by atoms with Gasteiger partial charge in [-0.1, -0.05) is 12.8 Å². The second kappa shape index (κ2) is 6.72. The van der Waals surface area contributed by atoms with Crippen LogP contribution in [0.5, 0.6) is 0 Å². The molecule has 1 saturated heterocycles. The Morgan fingerprint density at radius 3 is 2.47 bits per heavy atom. The molecule has 1 saturated carbocycles. The van der Waals surface area contributed by atoms with Gasteiger partial charge < -0.3 is 15.3 Å². The SMILES string of the molecule is C[C@@H](NCC(O)CN1CCCC1)C1CCCC1. The second-order valence-electron chi connectivity index (χ2n) is 5.90. The van der Waals surface area contributed by atoms with Gasteiger partial charge in [0.25, 0.3) is 0 Å². The Bertz CT molecular complexity index is 210. The third-order valence-corrected chi connectivity index (χ3v) is 4.45. The fourth-order valence-corrected chi connectivity index (χ4v) is 3.27. The molecule has 1 aliphatic heterocycles. The van der Waals surface area contributed by atoms with Crippen LogP contribution in [0.4, 0.5) is 0 Å². The lowest BCUT2D eigenvalue weighted by molar-refractivity contribution is 0.118. The third-order valence-electron chi connectivity index (χ3n) is 4.45. The van der Waals surface area contributed by atoms with E-state index in [0.29, 0.717) is 6.04 Å². The predicted molar refractivity (Wildman–Crippen MR) is 71.1 cm³/mol. The second-order valence-corrected chi connectivity index (χ2v) is 5.90. The van der Waals surface area contributed by atoms with Gasteiger partial charge in [-0.25, -0.2) is 0 Å². The van der Waals surface area contributed by atoms with Crippen LogP contribution in [-0.2, 0) is 0 Å². The first-order chi connectivity index (χ1) is 8.25. The number of aliphatic hydroxyl groups is 1. The summed E-state index contributed by atoms with van der Waals surface area (Å²) in [5, 5.41) is 13.5. The Labute approximate surface area is 106 Å². The van der Waals surface area contributed by atoms with E-state index < -0.39 is 0 Å². The van der Waals surface area contributed by atoms with E-state index in [1.54, 1.807) is 0 Å². The quantitative estimate of drug-likeness (QED) is 0.740. The van der Waals surface area contributed by atoms with Crippen LogP contribution in [-0.4, -0.2) is 48.3 Å². The molecule has 100 valence electrons. The lowest BCUT2D eigenvalue weighted by Crippen LogP contribution is -2.42. The molecule has 0 radical (unpaired) electrons. The molecular weight excluding hydrogens is 212 g/mol. The molecule has 0 aromatic carbocycles. The summed E-state index contributed by atoms with van der Waals surface area (Å²) in [6.07, 6.45) is 7.95. The molecule has 17 heavy (non-hydrogen) atoms. The van der Waals surface area contributed by atoms with Gasteiger partial charge in [0.1, 0.15) is 0 Å². The van der Waals surface area contributed by atoms with Gasteiger partial charge in [-0.2, -0.15) is 0 Å². The number of likely N-dealkylation sites (tertiary alicyclic amines) is 1. The number of β-amino-alcohol motifs (C(OH)–C–C–N with tert-alkyl or cyclic N) is 1. The van der Waals surface area contributed by atoms with Gasteiger partial charge in [-0.3, -0.25) is 0 Å². The molecule has 0 bridgehead atoms. The van der Waals surface area contributed by atoms with Crippen molar-refractivity contribution in [2.45, 2.75) is 57.6 Å². The molecule has 2 atom stereocenters. The molecule has 0 spiro atoms. The first-order valence-electron chi connectivity index (χ1n) is 7.39. The number of hydrogen-bond donors (Lipinski definition) is 2. The molecule has 3 nitrogen and oxygen atoms in total. The molecule has 2 aliphatic rings. The summed E-state index contributed by atoms with van der Waals surface area (Å²) >= 11 is 0. The number of nitrogens with zero attached hydrogens (tertiary/aromatic N) is 1. The van der Waals surface area contributed by atoms with Crippen LogP contribution in [0.3, 0.4) is 0 Å². The highest BCUT2D eigenvalue weighted by Crippen LogP contribution is 2.27. The van der Waals surface area contributed by atoms with Crippen LogP contribution in [0.15, 0.2) is 0 Å². The first-order valence-corrected chi connectivity index (χ1v) is 7.39. The first kappa shape index (κ1) is 13.3. The highest BCUT2D eigenvalue weighted by molar-refractivity contribution is 4.79. The molecule has 0 aromatic heterocycles. The smallest absolute Gasteiger partial charge is 0.0791 e. The summed E-state index contributed by atoms with van der Waals surface area (Å²) in [6, 6.07) is 0.575. The van der Waals surface area contributed by atoms with E-state index in [-0.39, 0.29) is 6.10 Å². The van der Waals surface area contributed by atoms with E-state index in [1.807, 2.05) is 0 Å². The Kier molecular flexibility index (Phi) is 5.26. The zero-order valence-electron chi connectivity index (χ0n) is 11.2. The van der Waals surface area contributed by atoms with Crippen LogP contribution < -0.4 is 5.32 Å². The highest BCUT2D eigenvalue weighted by atomic mass is 16.3. The van der Waals surface area contributed by atoms with Crippen molar-refractivity contribution in [3.8, 4) is 0 Å². The van der Waals surface area contributed by atoms with Crippen LogP contribution >= 0.6 is 0 Å². The summed E-state index contributed by atoms with van der Waals surface area (Å²) in [5.74, 6) is 0.842. The maximum atomic E-state index is 10.00. The van der Waals surface area contributed by atoms with Crippen LogP contribution in [0.2, 0.25) is 0 Å². The molecule has 3 heteroatoms. The number of hydrogen-bond acceptors (Lipinski definition) is 3. The van der Waals surface area contributed by atoms with Crippen molar-refractivity contribution in [3.05, 3.63) is 0 Å². The maximum Gasteiger partial charge on any atom is 0.0791 e. The molecule has 1 heterocycles. The van der Waals surface area contributed by atoms with Gasteiger partial charge in [0.2, 0.25) is 0 Å². The monoisotopic (exact) mass is 240 g/mol. The molecule has 2 N–H and O–H groups in total. The fourth-order valence-electron chi connectivity index (χ4n) is 3.27. The Morgan fingerprint density at radius 2 is 1.82 bits per heavy atom. The van der Waals surface area contributed by atoms with Crippen molar-refractivity contribution < 1.29 is 5.11 Å². The molecule has 2 fully saturated rings. The zero-order chi connectivity index (χ0) is 12.1. The van der Waals surface area contributed by atoms with Crippen molar-refractivity contribution in [3.63, 3.8) is 0 Å². The average Bonchev–Trinajstić information content (AvgIpc) is 2.97. The summed E-state index contributed by atoms with van der Waals surface area (Å²) in [5.41, 5.74) is 0. The van der Waals surface area contributed by atoms with E-state index in [0.717, 1.165) is 19.0 Å². The normalized spacial score (nSPS) is 26.5. The Hall–Kier alpha value is -0.120. The van der Waals surface area contributed by atoms with Gasteiger partial charge >= 0.3 is 0 Å². The van der Waals surface area contributed by atoms with E-state index in [9.17, 15) is 5.11 Å². The zero-order valence-corrected chi connectivity index (χ0v) is 11.2. The largest absolute Gasteiger partial charge is 0.390 e. The minimum absolute atomic E-state index is 0.197. The summed E-state index contributed by atoms with van der Waals surface area (Å²) in [4.78, 5) is 2.38. The van der Waals surface area contributed by atoms with Gasteiger partial charge in [0.15, 0.2) is 0 Å². The van der Waals surface area contributed by atoms with Crippen molar-refractivity contribution in [2.24, 2.45) is 5.92 Å². The minimum Gasteiger partial charge on any atom is -0.390 e. The number of aliphatic hydroxyl groups excluding tert-OH is 1. The van der Waals surface area contributed by atoms with Crippen molar-refractivity contribution in [1.82, 2.24) is 10.2 Å². The van der Waals surface area contributed by atoms with Gasteiger partial charge in [-0.15, -0.1) is 0 Å². The molecule has 0 amide bonds. The van der Waals surface area contributed by atoms with Gasteiger partial charge in [0.05, 0.1) is 6.10 Å². The van der Waals surface area contributed by atoms with Crippen LogP contribution in [0.1, 0.15) is 45.4 Å². The minimum atomic E-state index is -0.197. The van der Waals surface area contributed by atoms with Gasteiger partial charge in [-0.05, 0) is 51.6 Å². The Balaban J connectivity index is 1.59. The Morgan fingerprint density at radius 1 is 1.18 bits per heavy atom. The third kappa shape index (κ3) is 4.23. The summed E-state index contributed by atoms with van der Waals surface area (Å²) in [7, 11) is 0. The van der Waals surface area contributed by atoms with E-state index in [2.05, 4.69) is 17.1 Å². The van der Waals surface area contributed by atoms with Gasteiger partial charge in [0, 0.05) is 19.1 Å². The number of rotatable bonds is 6. The van der Waals surface area contributed by atoms with Crippen molar-refractivity contribution in [1.29, 1.82) is 0 Å². The van der Waals surface area contributed by atoms with E-state index in [1.165, 1.54) is 51.6 Å². The molecule has 1 aliphatic carbocycles. The average molecular weight is 240 g/mol. The van der Waals surface area contributed by atoms with Crippen molar-refractivity contribution >= 4 is 0 Å². The molecule has 1 unspecified atom stereocenters. The number of nitrogens with one attached hydrogen (secondary N) is 1. The molecular formula is C14H28N2O. The topological polar surface area (TPSA) is 35.5 Å². The maximum absolute atomic E-state index is 10.00. The fraction of sp³-hybridized carbons (Fsp3) is 1.00. The van der Waals surface area contributed by atoms with E-state index >= 15 is 0 Å². The lowest BCUT2D eigenvalue weighted by atomic mass is 10.00. The van der Waals surface area contributed by atoms with Crippen molar-refractivity contribution in [2.75, 3.05) is 26.2 Å². The lowest BCUT2D eigenvalue weighted by Gasteiger charge is -2.24. The standard InChI is InChI=1S/C14H28N2O/c1-12(13-6-2-3-7-13)15-10-14(17)11-16-8-4-5-9-16/h12-15,17H,2-11H2,1H3/t12-,14?/m1/s1. The van der Waals surface area contributed by atoms with Crippen LogP contribution in [0, 0.1) is 5.92 Å². The highest BCUT2D eigenvalue weighted by Gasteiger charge is 2.22. The molecule has 0 aromatic rings. The summed E-state index contributed by atoms with van der Waals surface area (Å²) < 4.78 is 0. The predicted octanol–water partition coefficient (Wildman–Crippen LogP) is 1.61.